The number of ether oxygens (including phenoxy) is 1. The van der Waals surface area contributed by atoms with Crippen LogP contribution >= 0.6 is 0 Å². The number of halogens is 1. The molecular formula is C13H18FNO. The van der Waals surface area contributed by atoms with Crippen molar-refractivity contribution < 1.29 is 9.13 Å². The molecule has 2 atom stereocenters. The zero-order chi connectivity index (χ0) is 11.4. The summed E-state index contributed by atoms with van der Waals surface area (Å²) >= 11 is 0. The summed E-state index contributed by atoms with van der Waals surface area (Å²) in [5.41, 5.74) is 0.659. The molecule has 0 spiro atoms. The van der Waals surface area contributed by atoms with Crippen molar-refractivity contribution >= 4 is 0 Å². The van der Waals surface area contributed by atoms with Crippen LogP contribution in [0.4, 0.5) is 4.39 Å². The van der Waals surface area contributed by atoms with Gasteiger partial charge in [0, 0.05) is 24.8 Å². The highest BCUT2D eigenvalue weighted by molar-refractivity contribution is 5.20. The van der Waals surface area contributed by atoms with E-state index in [0.717, 1.165) is 12.8 Å². The van der Waals surface area contributed by atoms with Crippen LogP contribution in [0.25, 0.3) is 0 Å². The van der Waals surface area contributed by atoms with Crippen LogP contribution in [0, 0.1) is 5.82 Å². The molecule has 0 saturated carbocycles. The average molecular weight is 223 g/mol. The second-order valence-corrected chi connectivity index (χ2v) is 4.18. The van der Waals surface area contributed by atoms with Crippen molar-refractivity contribution in [1.29, 1.82) is 0 Å². The minimum Gasteiger partial charge on any atom is -0.372 e. The summed E-state index contributed by atoms with van der Waals surface area (Å²) in [5, 5.41) is 3.42. The number of hydrogen-bond donors (Lipinski definition) is 1. The molecule has 0 radical (unpaired) electrons. The quantitative estimate of drug-likeness (QED) is 0.832. The molecule has 2 unspecified atom stereocenters. The van der Waals surface area contributed by atoms with E-state index in [9.17, 15) is 4.39 Å². The van der Waals surface area contributed by atoms with E-state index in [-0.39, 0.29) is 11.9 Å². The fourth-order valence-corrected chi connectivity index (χ4v) is 2.07. The number of benzene rings is 1. The van der Waals surface area contributed by atoms with Crippen LogP contribution in [0.3, 0.4) is 0 Å². The lowest BCUT2D eigenvalue weighted by Crippen LogP contribution is -2.30. The molecule has 0 bridgehead atoms. The molecule has 1 aliphatic rings. The minimum absolute atomic E-state index is 0.155. The molecule has 3 heteroatoms. The van der Waals surface area contributed by atoms with Crippen molar-refractivity contribution in [2.24, 2.45) is 0 Å². The van der Waals surface area contributed by atoms with Crippen LogP contribution < -0.4 is 5.32 Å². The Labute approximate surface area is 95.8 Å². The molecule has 2 nitrogen and oxygen atoms in total. The lowest BCUT2D eigenvalue weighted by molar-refractivity contribution is 0.0638. The molecule has 1 N–H and O–H groups in total. The highest BCUT2D eigenvalue weighted by atomic mass is 19.1. The van der Waals surface area contributed by atoms with Crippen LogP contribution in [0.1, 0.15) is 31.4 Å². The Morgan fingerprint density at radius 3 is 3.00 bits per heavy atom. The summed E-state index contributed by atoms with van der Waals surface area (Å²) in [6.07, 6.45) is 1.94. The van der Waals surface area contributed by atoms with Gasteiger partial charge in [0.05, 0.1) is 6.10 Å². The van der Waals surface area contributed by atoms with Gasteiger partial charge in [-0.25, -0.2) is 4.39 Å². The van der Waals surface area contributed by atoms with Gasteiger partial charge in [-0.15, -0.1) is 0 Å². The van der Waals surface area contributed by atoms with Gasteiger partial charge in [-0.3, -0.25) is 0 Å². The van der Waals surface area contributed by atoms with Crippen LogP contribution in [0.2, 0.25) is 0 Å². The molecule has 88 valence electrons. The van der Waals surface area contributed by atoms with E-state index in [1.54, 1.807) is 12.1 Å². The van der Waals surface area contributed by atoms with Crippen molar-refractivity contribution in [3.05, 3.63) is 35.6 Å². The van der Waals surface area contributed by atoms with E-state index >= 15 is 0 Å². The number of hydrogen-bond acceptors (Lipinski definition) is 2. The predicted octanol–water partition coefficient (Wildman–Crippen LogP) is 2.66. The molecule has 0 aliphatic carbocycles. The van der Waals surface area contributed by atoms with Crippen molar-refractivity contribution in [1.82, 2.24) is 5.32 Å². The Kier molecular flexibility index (Phi) is 3.91. The third kappa shape index (κ3) is 2.60. The van der Waals surface area contributed by atoms with E-state index in [4.69, 9.17) is 4.74 Å². The maximum atomic E-state index is 13.6. The molecule has 1 aliphatic heterocycles. The first-order chi connectivity index (χ1) is 7.81. The standard InChI is InChI=1S/C13H18FNO/c1-2-10-7-8-16-13(9-15-10)11-5-3-4-6-12(11)14/h3-6,10,13,15H,2,7-9H2,1H3. The zero-order valence-electron chi connectivity index (χ0n) is 9.58. The van der Waals surface area contributed by atoms with Crippen molar-refractivity contribution in [2.45, 2.75) is 31.9 Å². The van der Waals surface area contributed by atoms with E-state index < -0.39 is 0 Å². The molecule has 16 heavy (non-hydrogen) atoms. The van der Waals surface area contributed by atoms with Crippen LogP contribution in [0.5, 0.6) is 0 Å². The molecular weight excluding hydrogens is 205 g/mol. The fourth-order valence-electron chi connectivity index (χ4n) is 2.07. The summed E-state index contributed by atoms with van der Waals surface area (Å²) in [4.78, 5) is 0. The lowest BCUT2D eigenvalue weighted by atomic mass is 10.1. The van der Waals surface area contributed by atoms with E-state index in [0.29, 0.717) is 24.8 Å². The normalized spacial score (nSPS) is 26.4. The molecule has 1 fully saturated rings. The maximum absolute atomic E-state index is 13.6. The van der Waals surface area contributed by atoms with Crippen LogP contribution in [-0.4, -0.2) is 19.2 Å². The lowest BCUT2D eigenvalue weighted by Gasteiger charge is -2.16. The Morgan fingerprint density at radius 1 is 1.44 bits per heavy atom. The molecule has 1 aromatic rings. The van der Waals surface area contributed by atoms with Gasteiger partial charge < -0.3 is 10.1 Å². The molecule has 0 amide bonds. The van der Waals surface area contributed by atoms with E-state index in [1.807, 2.05) is 6.07 Å². The van der Waals surface area contributed by atoms with Crippen LogP contribution in [-0.2, 0) is 4.74 Å². The maximum Gasteiger partial charge on any atom is 0.129 e. The molecule has 1 heterocycles. The third-order valence-corrected chi connectivity index (χ3v) is 3.12. The van der Waals surface area contributed by atoms with Gasteiger partial charge in [0.25, 0.3) is 0 Å². The monoisotopic (exact) mass is 223 g/mol. The fraction of sp³-hybridized carbons (Fsp3) is 0.538. The SMILES string of the molecule is CCC1CCOC(c2ccccc2F)CN1. The Morgan fingerprint density at radius 2 is 2.25 bits per heavy atom. The summed E-state index contributed by atoms with van der Waals surface area (Å²) in [5.74, 6) is -0.177. The molecule has 2 rings (SSSR count). The summed E-state index contributed by atoms with van der Waals surface area (Å²) in [6, 6.07) is 7.34. The summed E-state index contributed by atoms with van der Waals surface area (Å²) in [7, 11) is 0. The first-order valence-electron chi connectivity index (χ1n) is 5.90. The second kappa shape index (κ2) is 5.41. The third-order valence-electron chi connectivity index (χ3n) is 3.12. The second-order valence-electron chi connectivity index (χ2n) is 4.18. The smallest absolute Gasteiger partial charge is 0.129 e. The average Bonchev–Trinajstić information content (AvgIpc) is 2.55. The number of nitrogens with one attached hydrogen (secondary N) is 1. The van der Waals surface area contributed by atoms with Gasteiger partial charge in [0.1, 0.15) is 5.82 Å². The Bertz CT molecular complexity index is 342. The molecule has 1 saturated heterocycles. The zero-order valence-corrected chi connectivity index (χ0v) is 9.58. The van der Waals surface area contributed by atoms with Gasteiger partial charge in [-0.05, 0) is 18.9 Å². The molecule has 0 aromatic heterocycles. The van der Waals surface area contributed by atoms with Gasteiger partial charge in [-0.2, -0.15) is 0 Å². The first-order valence-corrected chi connectivity index (χ1v) is 5.90. The van der Waals surface area contributed by atoms with E-state index in [1.165, 1.54) is 6.07 Å². The Balaban J connectivity index is 2.08. The van der Waals surface area contributed by atoms with Crippen molar-refractivity contribution in [3.8, 4) is 0 Å². The largest absolute Gasteiger partial charge is 0.372 e. The van der Waals surface area contributed by atoms with Gasteiger partial charge in [0.2, 0.25) is 0 Å². The van der Waals surface area contributed by atoms with Gasteiger partial charge >= 0.3 is 0 Å². The highest BCUT2D eigenvalue weighted by Gasteiger charge is 2.20. The molecule has 1 aromatic carbocycles. The highest BCUT2D eigenvalue weighted by Crippen LogP contribution is 2.22. The van der Waals surface area contributed by atoms with Crippen molar-refractivity contribution in [2.75, 3.05) is 13.2 Å². The van der Waals surface area contributed by atoms with Gasteiger partial charge in [-0.1, -0.05) is 25.1 Å². The Hall–Kier alpha value is -0.930. The summed E-state index contributed by atoms with van der Waals surface area (Å²) < 4.78 is 19.3. The number of rotatable bonds is 2. The van der Waals surface area contributed by atoms with E-state index in [2.05, 4.69) is 12.2 Å². The van der Waals surface area contributed by atoms with Gasteiger partial charge in [0.15, 0.2) is 0 Å². The summed E-state index contributed by atoms with van der Waals surface area (Å²) in [6.45, 7) is 3.55. The van der Waals surface area contributed by atoms with Crippen molar-refractivity contribution in [3.63, 3.8) is 0 Å². The predicted molar refractivity (Wildman–Crippen MR) is 61.8 cm³/mol. The topological polar surface area (TPSA) is 21.3 Å². The first kappa shape index (κ1) is 11.6. The minimum atomic E-state index is -0.177. The van der Waals surface area contributed by atoms with Crippen LogP contribution in [0.15, 0.2) is 24.3 Å².